The lowest BCUT2D eigenvalue weighted by Gasteiger charge is -2.38. The SMILES string of the molecule is NC1CN(C(=O)C2CNC(=O)C2)C1. The summed E-state index contributed by atoms with van der Waals surface area (Å²) in [6.45, 7) is 1.77. The van der Waals surface area contributed by atoms with Gasteiger partial charge in [-0.25, -0.2) is 0 Å². The summed E-state index contributed by atoms with van der Waals surface area (Å²) >= 11 is 0. The molecule has 2 fully saturated rings. The second kappa shape index (κ2) is 2.99. The number of carbonyl (C=O) groups excluding carboxylic acids is 2. The van der Waals surface area contributed by atoms with E-state index in [0.29, 0.717) is 26.1 Å². The lowest BCUT2D eigenvalue weighted by Crippen LogP contribution is -2.59. The fourth-order valence-corrected chi connectivity index (χ4v) is 1.73. The molecule has 0 spiro atoms. The van der Waals surface area contributed by atoms with Gasteiger partial charge in [0.2, 0.25) is 11.8 Å². The minimum absolute atomic E-state index is 0.0248. The fraction of sp³-hybridized carbons (Fsp3) is 0.750. The third kappa shape index (κ3) is 1.51. The lowest BCUT2D eigenvalue weighted by molar-refractivity contribution is -0.140. The maximum Gasteiger partial charge on any atom is 0.228 e. The van der Waals surface area contributed by atoms with Crippen LogP contribution < -0.4 is 11.1 Å². The third-order valence-electron chi connectivity index (χ3n) is 2.55. The molecule has 72 valence electrons. The summed E-state index contributed by atoms with van der Waals surface area (Å²) in [4.78, 5) is 24.2. The Morgan fingerprint density at radius 3 is 2.69 bits per heavy atom. The number of rotatable bonds is 1. The third-order valence-corrected chi connectivity index (χ3v) is 2.55. The molecule has 2 saturated heterocycles. The average molecular weight is 183 g/mol. The predicted octanol–water partition coefficient (Wildman–Crippen LogP) is -1.71. The van der Waals surface area contributed by atoms with Gasteiger partial charge in [0, 0.05) is 32.1 Å². The van der Waals surface area contributed by atoms with Gasteiger partial charge in [0.05, 0.1) is 5.92 Å². The Bertz CT molecular complexity index is 248. The molecule has 0 aliphatic carbocycles. The molecular formula is C8H13N3O2. The van der Waals surface area contributed by atoms with Crippen molar-refractivity contribution in [3.05, 3.63) is 0 Å². The number of likely N-dealkylation sites (tertiary alicyclic amines) is 1. The van der Waals surface area contributed by atoms with Gasteiger partial charge in [0.15, 0.2) is 0 Å². The summed E-state index contributed by atoms with van der Waals surface area (Å²) in [5, 5.41) is 2.65. The van der Waals surface area contributed by atoms with E-state index in [-0.39, 0.29) is 23.8 Å². The van der Waals surface area contributed by atoms with E-state index in [1.807, 2.05) is 0 Å². The van der Waals surface area contributed by atoms with Crippen molar-refractivity contribution in [3.8, 4) is 0 Å². The number of hydrogen-bond acceptors (Lipinski definition) is 3. The molecular weight excluding hydrogens is 170 g/mol. The highest BCUT2D eigenvalue weighted by Crippen LogP contribution is 2.16. The van der Waals surface area contributed by atoms with Crippen molar-refractivity contribution in [2.45, 2.75) is 12.5 Å². The molecule has 5 heteroatoms. The quantitative estimate of drug-likeness (QED) is 0.508. The van der Waals surface area contributed by atoms with E-state index in [1.54, 1.807) is 4.90 Å². The fourth-order valence-electron chi connectivity index (χ4n) is 1.73. The summed E-state index contributed by atoms with van der Waals surface area (Å²) in [6.07, 6.45) is 0.338. The summed E-state index contributed by atoms with van der Waals surface area (Å²) in [7, 11) is 0. The molecule has 0 radical (unpaired) electrons. The van der Waals surface area contributed by atoms with Gasteiger partial charge in [-0.3, -0.25) is 9.59 Å². The van der Waals surface area contributed by atoms with Gasteiger partial charge in [-0.2, -0.15) is 0 Å². The molecule has 3 N–H and O–H groups in total. The molecule has 0 saturated carbocycles. The first-order chi connectivity index (χ1) is 6.16. The first-order valence-corrected chi connectivity index (χ1v) is 4.48. The van der Waals surface area contributed by atoms with E-state index >= 15 is 0 Å². The normalized spacial score (nSPS) is 28.5. The molecule has 2 aliphatic heterocycles. The largest absolute Gasteiger partial charge is 0.355 e. The van der Waals surface area contributed by atoms with Crippen molar-refractivity contribution in [1.29, 1.82) is 0 Å². The zero-order valence-electron chi connectivity index (χ0n) is 7.32. The number of amides is 2. The van der Waals surface area contributed by atoms with E-state index < -0.39 is 0 Å². The maximum absolute atomic E-state index is 11.6. The van der Waals surface area contributed by atoms with Crippen LogP contribution >= 0.6 is 0 Å². The Morgan fingerprint density at radius 1 is 1.54 bits per heavy atom. The van der Waals surface area contributed by atoms with Crippen molar-refractivity contribution in [2.24, 2.45) is 11.7 Å². The summed E-state index contributed by atoms with van der Waals surface area (Å²) < 4.78 is 0. The topological polar surface area (TPSA) is 75.4 Å². The molecule has 1 atom stereocenters. The van der Waals surface area contributed by atoms with Crippen molar-refractivity contribution in [3.63, 3.8) is 0 Å². The molecule has 2 aliphatic rings. The lowest BCUT2D eigenvalue weighted by atomic mass is 10.0. The van der Waals surface area contributed by atoms with Gasteiger partial charge in [-0.15, -0.1) is 0 Å². The van der Waals surface area contributed by atoms with E-state index in [0.717, 1.165) is 0 Å². The molecule has 5 nitrogen and oxygen atoms in total. The van der Waals surface area contributed by atoms with Crippen LogP contribution in [0.1, 0.15) is 6.42 Å². The molecule has 0 bridgehead atoms. The van der Waals surface area contributed by atoms with E-state index in [1.165, 1.54) is 0 Å². The molecule has 0 aromatic rings. The summed E-state index contributed by atoms with van der Waals surface area (Å²) in [5.41, 5.74) is 5.56. The smallest absolute Gasteiger partial charge is 0.228 e. The Balaban J connectivity index is 1.87. The van der Waals surface area contributed by atoms with Crippen LogP contribution in [-0.2, 0) is 9.59 Å². The highest BCUT2D eigenvalue weighted by atomic mass is 16.2. The van der Waals surface area contributed by atoms with Gasteiger partial charge in [0.25, 0.3) is 0 Å². The minimum Gasteiger partial charge on any atom is -0.355 e. The van der Waals surface area contributed by atoms with Crippen LogP contribution in [0.3, 0.4) is 0 Å². The number of nitrogens with two attached hydrogens (primary N) is 1. The van der Waals surface area contributed by atoms with Crippen LogP contribution in [0.5, 0.6) is 0 Å². The Labute approximate surface area is 76.3 Å². The number of carbonyl (C=O) groups is 2. The minimum atomic E-state index is -0.153. The predicted molar refractivity (Wildman–Crippen MR) is 45.7 cm³/mol. The van der Waals surface area contributed by atoms with Gasteiger partial charge in [0.1, 0.15) is 0 Å². The molecule has 2 heterocycles. The van der Waals surface area contributed by atoms with Crippen LogP contribution in [0.2, 0.25) is 0 Å². The van der Waals surface area contributed by atoms with E-state index in [2.05, 4.69) is 5.32 Å². The Hall–Kier alpha value is -1.10. The standard InChI is InChI=1S/C8H13N3O2/c9-6-3-11(4-6)8(13)5-1-7(12)10-2-5/h5-6H,1-4,9H2,(H,10,12). The zero-order valence-corrected chi connectivity index (χ0v) is 7.32. The highest BCUT2D eigenvalue weighted by molar-refractivity contribution is 5.89. The molecule has 0 aromatic heterocycles. The van der Waals surface area contributed by atoms with Crippen LogP contribution in [-0.4, -0.2) is 42.4 Å². The van der Waals surface area contributed by atoms with Gasteiger partial charge in [-0.1, -0.05) is 0 Å². The Morgan fingerprint density at radius 2 is 2.23 bits per heavy atom. The molecule has 0 aromatic carbocycles. The second-order valence-electron chi connectivity index (χ2n) is 3.71. The number of nitrogens with one attached hydrogen (secondary N) is 1. The van der Waals surface area contributed by atoms with Crippen molar-refractivity contribution >= 4 is 11.8 Å². The number of hydrogen-bond donors (Lipinski definition) is 2. The van der Waals surface area contributed by atoms with Crippen LogP contribution in [0, 0.1) is 5.92 Å². The van der Waals surface area contributed by atoms with Crippen LogP contribution in [0.15, 0.2) is 0 Å². The summed E-state index contributed by atoms with van der Waals surface area (Å²) in [5.74, 6) is -0.108. The monoisotopic (exact) mass is 183 g/mol. The first kappa shape index (κ1) is 8.50. The molecule has 1 unspecified atom stereocenters. The zero-order chi connectivity index (χ0) is 9.42. The van der Waals surface area contributed by atoms with E-state index in [4.69, 9.17) is 5.73 Å². The van der Waals surface area contributed by atoms with E-state index in [9.17, 15) is 9.59 Å². The van der Waals surface area contributed by atoms with Gasteiger partial charge < -0.3 is 16.0 Å². The first-order valence-electron chi connectivity index (χ1n) is 4.48. The van der Waals surface area contributed by atoms with Gasteiger partial charge >= 0.3 is 0 Å². The molecule has 2 rings (SSSR count). The van der Waals surface area contributed by atoms with Crippen molar-refractivity contribution in [1.82, 2.24) is 10.2 Å². The molecule has 2 amide bonds. The van der Waals surface area contributed by atoms with Crippen LogP contribution in [0.25, 0.3) is 0 Å². The maximum atomic E-state index is 11.6. The molecule has 13 heavy (non-hydrogen) atoms. The van der Waals surface area contributed by atoms with Crippen molar-refractivity contribution < 1.29 is 9.59 Å². The summed E-state index contributed by atoms with van der Waals surface area (Å²) in [6, 6.07) is 0.133. The Kier molecular flexibility index (Phi) is 1.95. The average Bonchev–Trinajstić information content (AvgIpc) is 2.45. The number of nitrogens with zero attached hydrogens (tertiary/aromatic N) is 1. The highest BCUT2D eigenvalue weighted by Gasteiger charge is 2.35. The van der Waals surface area contributed by atoms with Crippen LogP contribution in [0.4, 0.5) is 0 Å². The second-order valence-corrected chi connectivity index (χ2v) is 3.71. The van der Waals surface area contributed by atoms with Gasteiger partial charge in [-0.05, 0) is 0 Å². The van der Waals surface area contributed by atoms with Crippen molar-refractivity contribution in [2.75, 3.05) is 19.6 Å².